The van der Waals surface area contributed by atoms with Crippen LogP contribution < -0.4 is 10.6 Å². The van der Waals surface area contributed by atoms with Crippen LogP contribution in [0.1, 0.15) is 18.5 Å². The molecule has 1 aliphatic rings. The fourth-order valence-electron chi connectivity index (χ4n) is 2.82. The number of carbonyl (C=O) groups is 1. The van der Waals surface area contributed by atoms with Crippen molar-refractivity contribution in [3.63, 3.8) is 0 Å². The van der Waals surface area contributed by atoms with E-state index in [0.29, 0.717) is 26.4 Å². The zero-order valence-corrected chi connectivity index (χ0v) is 14.3. The van der Waals surface area contributed by atoms with Gasteiger partial charge in [0.2, 0.25) is 0 Å². The van der Waals surface area contributed by atoms with Gasteiger partial charge in [0.05, 0.1) is 31.9 Å². The molecule has 1 aromatic rings. The zero-order chi connectivity index (χ0) is 17.4. The van der Waals surface area contributed by atoms with E-state index in [1.54, 1.807) is 13.2 Å². The molecule has 0 unspecified atom stereocenters. The van der Waals surface area contributed by atoms with Crippen LogP contribution in [0.5, 0.6) is 0 Å². The van der Waals surface area contributed by atoms with Gasteiger partial charge >= 0.3 is 6.03 Å². The minimum atomic E-state index is -0.274. The van der Waals surface area contributed by atoms with Crippen molar-refractivity contribution in [3.8, 4) is 0 Å². The van der Waals surface area contributed by atoms with Crippen LogP contribution in [-0.4, -0.2) is 63.5 Å². The van der Waals surface area contributed by atoms with Crippen LogP contribution in [0.25, 0.3) is 0 Å². The van der Waals surface area contributed by atoms with E-state index >= 15 is 0 Å². The second-order valence-corrected chi connectivity index (χ2v) is 5.93. The predicted octanol–water partition coefficient (Wildman–Crippen LogP) is 1.53. The van der Waals surface area contributed by atoms with E-state index in [0.717, 1.165) is 18.7 Å². The van der Waals surface area contributed by atoms with E-state index in [2.05, 4.69) is 15.5 Å². The van der Waals surface area contributed by atoms with Gasteiger partial charge in [-0.1, -0.05) is 12.1 Å². The largest absolute Gasteiger partial charge is 0.383 e. The monoisotopic (exact) mass is 339 g/mol. The SMILES string of the molecule is COC[C@H](C)NC(=O)NC[C@@H](c1cccc(F)c1)N1CCOCC1. The molecule has 2 N–H and O–H groups in total. The Bertz CT molecular complexity index is 524. The first-order valence-electron chi connectivity index (χ1n) is 8.20. The lowest BCUT2D eigenvalue weighted by Crippen LogP contribution is -2.47. The Balaban J connectivity index is 1.99. The smallest absolute Gasteiger partial charge is 0.315 e. The molecule has 0 spiro atoms. The Kier molecular flexibility index (Phi) is 7.42. The average Bonchev–Trinajstić information content (AvgIpc) is 2.56. The molecular formula is C17H26FN3O3. The van der Waals surface area contributed by atoms with Gasteiger partial charge in [0.1, 0.15) is 5.82 Å². The molecule has 1 aromatic carbocycles. The molecule has 2 atom stereocenters. The highest BCUT2D eigenvalue weighted by Crippen LogP contribution is 2.22. The first-order chi connectivity index (χ1) is 11.6. The van der Waals surface area contributed by atoms with Crippen molar-refractivity contribution in [2.75, 3.05) is 46.6 Å². The van der Waals surface area contributed by atoms with E-state index in [1.165, 1.54) is 12.1 Å². The third kappa shape index (κ3) is 5.74. The summed E-state index contributed by atoms with van der Waals surface area (Å²) in [5, 5.41) is 5.69. The summed E-state index contributed by atoms with van der Waals surface area (Å²) in [5.74, 6) is -0.274. The summed E-state index contributed by atoms with van der Waals surface area (Å²) in [6, 6.07) is 6.10. The van der Waals surface area contributed by atoms with E-state index < -0.39 is 0 Å². The van der Waals surface area contributed by atoms with Crippen molar-refractivity contribution < 1.29 is 18.7 Å². The molecule has 1 fully saturated rings. The number of methoxy groups -OCH3 is 1. The summed E-state index contributed by atoms with van der Waals surface area (Å²) in [6.07, 6.45) is 0. The lowest BCUT2D eigenvalue weighted by molar-refractivity contribution is 0.0166. The van der Waals surface area contributed by atoms with Crippen LogP contribution in [0, 0.1) is 5.82 Å². The van der Waals surface area contributed by atoms with Crippen molar-refractivity contribution >= 4 is 6.03 Å². The Morgan fingerprint density at radius 2 is 2.17 bits per heavy atom. The number of urea groups is 1. The average molecular weight is 339 g/mol. The second kappa shape index (κ2) is 9.56. The van der Waals surface area contributed by atoms with E-state index in [1.807, 2.05) is 13.0 Å². The van der Waals surface area contributed by atoms with Crippen molar-refractivity contribution in [1.29, 1.82) is 0 Å². The van der Waals surface area contributed by atoms with E-state index in [-0.39, 0.29) is 23.9 Å². The fraction of sp³-hybridized carbons (Fsp3) is 0.588. The molecule has 6 nitrogen and oxygen atoms in total. The minimum Gasteiger partial charge on any atom is -0.383 e. The van der Waals surface area contributed by atoms with Gasteiger partial charge in [-0.05, 0) is 24.6 Å². The normalized spacial score (nSPS) is 18.0. The first-order valence-corrected chi connectivity index (χ1v) is 8.20. The first kappa shape index (κ1) is 18.6. The highest BCUT2D eigenvalue weighted by atomic mass is 19.1. The molecule has 0 aromatic heterocycles. The van der Waals surface area contributed by atoms with Crippen LogP contribution in [0.2, 0.25) is 0 Å². The number of halogens is 1. The molecule has 1 heterocycles. The zero-order valence-electron chi connectivity index (χ0n) is 14.3. The molecule has 2 rings (SSSR count). The summed E-state index contributed by atoms with van der Waals surface area (Å²) in [5.41, 5.74) is 0.849. The quantitative estimate of drug-likeness (QED) is 0.791. The molecular weight excluding hydrogens is 313 g/mol. The number of benzene rings is 1. The molecule has 0 radical (unpaired) electrons. The Hall–Kier alpha value is -1.70. The van der Waals surface area contributed by atoms with Gasteiger partial charge in [0, 0.05) is 26.7 Å². The summed E-state index contributed by atoms with van der Waals surface area (Å²) < 4.78 is 24.0. The van der Waals surface area contributed by atoms with Gasteiger partial charge < -0.3 is 20.1 Å². The summed E-state index contributed by atoms with van der Waals surface area (Å²) in [6.45, 7) is 5.51. The van der Waals surface area contributed by atoms with Crippen molar-refractivity contribution in [2.24, 2.45) is 0 Å². The molecule has 2 amide bonds. The number of morpholine rings is 1. The van der Waals surface area contributed by atoms with Crippen LogP contribution in [0.15, 0.2) is 24.3 Å². The number of ether oxygens (including phenoxy) is 2. The highest BCUT2D eigenvalue weighted by Gasteiger charge is 2.23. The lowest BCUT2D eigenvalue weighted by atomic mass is 10.0. The van der Waals surface area contributed by atoms with Crippen LogP contribution in [0.4, 0.5) is 9.18 Å². The van der Waals surface area contributed by atoms with Gasteiger partial charge in [0.25, 0.3) is 0 Å². The Labute approximate surface area is 142 Å². The number of rotatable bonds is 7. The molecule has 0 bridgehead atoms. The molecule has 134 valence electrons. The number of amides is 2. The molecule has 0 saturated carbocycles. The maximum absolute atomic E-state index is 13.6. The molecule has 1 saturated heterocycles. The molecule has 0 aliphatic carbocycles. The summed E-state index contributed by atoms with van der Waals surface area (Å²) in [7, 11) is 1.59. The van der Waals surface area contributed by atoms with Crippen LogP contribution in [-0.2, 0) is 9.47 Å². The van der Waals surface area contributed by atoms with E-state index in [4.69, 9.17) is 9.47 Å². The van der Waals surface area contributed by atoms with Gasteiger partial charge in [-0.3, -0.25) is 4.90 Å². The van der Waals surface area contributed by atoms with Gasteiger partial charge in [-0.15, -0.1) is 0 Å². The highest BCUT2D eigenvalue weighted by molar-refractivity contribution is 5.74. The fourth-order valence-corrected chi connectivity index (χ4v) is 2.82. The van der Waals surface area contributed by atoms with E-state index in [9.17, 15) is 9.18 Å². The molecule has 7 heteroatoms. The van der Waals surface area contributed by atoms with Crippen molar-refractivity contribution in [2.45, 2.75) is 19.0 Å². The number of carbonyl (C=O) groups excluding carboxylic acids is 1. The maximum Gasteiger partial charge on any atom is 0.315 e. The number of nitrogens with one attached hydrogen (secondary N) is 2. The third-order valence-corrected chi connectivity index (χ3v) is 3.97. The maximum atomic E-state index is 13.6. The van der Waals surface area contributed by atoms with Crippen molar-refractivity contribution in [1.82, 2.24) is 15.5 Å². The number of hydrogen-bond donors (Lipinski definition) is 2. The topological polar surface area (TPSA) is 62.8 Å². The standard InChI is InChI=1S/C17H26FN3O3/c1-13(12-23-2)20-17(22)19-11-16(21-6-8-24-9-7-21)14-4-3-5-15(18)10-14/h3-5,10,13,16H,6-9,11-12H2,1-2H3,(H2,19,20,22)/t13-,16-/m0/s1. The van der Waals surface area contributed by atoms with Gasteiger partial charge in [-0.25, -0.2) is 9.18 Å². The van der Waals surface area contributed by atoms with Crippen LogP contribution in [0.3, 0.4) is 0 Å². The predicted molar refractivity (Wildman–Crippen MR) is 89.4 cm³/mol. The Morgan fingerprint density at radius 1 is 1.42 bits per heavy atom. The summed E-state index contributed by atoms with van der Waals surface area (Å²) >= 11 is 0. The van der Waals surface area contributed by atoms with Gasteiger partial charge in [-0.2, -0.15) is 0 Å². The Morgan fingerprint density at radius 3 is 2.83 bits per heavy atom. The summed E-state index contributed by atoms with van der Waals surface area (Å²) in [4.78, 5) is 14.2. The second-order valence-electron chi connectivity index (χ2n) is 5.93. The molecule has 24 heavy (non-hydrogen) atoms. The number of hydrogen-bond acceptors (Lipinski definition) is 4. The van der Waals surface area contributed by atoms with Gasteiger partial charge in [0.15, 0.2) is 0 Å². The molecule has 1 aliphatic heterocycles. The number of nitrogens with zero attached hydrogens (tertiary/aromatic N) is 1. The lowest BCUT2D eigenvalue weighted by Gasteiger charge is -2.35. The minimum absolute atomic E-state index is 0.0778. The van der Waals surface area contributed by atoms with Crippen LogP contribution >= 0.6 is 0 Å². The third-order valence-electron chi connectivity index (χ3n) is 3.97. The van der Waals surface area contributed by atoms with Crippen molar-refractivity contribution in [3.05, 3.63) is 35.6 Å².